The number of hydrogen-bond donors (Lipinski definition) is 2. The first-order chi connectivity index (χ1) is 10.5. The van der Waals surface area contributed by atoms with Crippen LogP contribution in [0.15, 0.2) is 18.2 Å². The first-order valence-corrected chi connectivity index (χ1v) is 7.78. The van der Waals surface area contributed by atoms with E-state index in [2.05, 4.69) is 24.5 Å². The molecule has 1 aliphatic heterocycles. The second-order valence-electron chi connectivity index (χ2n) is 5.97. The van der Waals surface area contributed by atoms with Crippen molar-refractivity contribution in [3.05, 3.63) is 23.8 Å². The summed E-state index contributed by atoms with van der Waals surface area (Å²) in [6.07, 6.45) is 1.43. The number of carbonyl (C=O) groups is 1. The van der Waals surface area contributed by atoms with E-state index >= 15 is 0 Å². The van der Waals surface area contributed by atoms with Gasteiger partial charge in [0.15, 0.2) is 11.5 Å². The number of amides is 1. The molecule has 0 saturated carbocycles. The summed E-state index contributed by atoms with van der Waals surface area (Å²) in [7, 11) is 3.20. The van der Waals surface area contributed by atoms with Crippen molar-refractivity contribution in [2.24, 2.45) is 5.92 Å². The monoisotopic (exact) mass is 342 g/mol. The van der Waals surface area contributed by atoms with Gasteiger partial charge in [0.1, 0.15) is 0 Å². The van der Waals surface area contributed by atoms with Gasteiger partial charge in [-0.05, 0) is 43.5 Å². The molecule has 2 N–H and O–H groups in total. The Morgan fingerprint density at radius 2 is 1.96 bits per heavy atom. The maximum atomic E-state index is 12.3. The van der Waals surface area contributed by atoms with E-state index in [1.807, 2.05) is 18.2 Å². The topological polar surface area (TPSA) is 59.6 Å². The molecule has 1 amide bonds. The van der Waals surface area contributed by atoms with Crippen molar-refractivity contribution < 1.29 is 14.3 Å². The van der Waals surface area contributed by atoms with Crippen LogP contribution in [0.3, 0.4) is 0 Å². The molecule has 1 heterocycles. The highest BCUT2D eigenvalue weighted by atomic mass is 35.5. The lowest BCUT2D eigenvalue weighted by Crippen LogP contribution is -2.56. The summed E-state index contributed by atoms with van der Waals surface area (Å²) >= 11 is 0. The van der Waals surface area contributed by atoms with E-state index in [1.165, 1.54) is 0 Å². The highest BCUT2D eigenvalue weighted by Gasteiger charge is 2.28. The summed E-state index contributed by atoms with van der Waals surface area (Å²) < 4.78 is 10.5. The van der Waals surface area contributed by atoms with E-state index in [1.54, 1.807) is 14.2 Å². The van der Waals surface area contributed by atoms with E-state index in [0.29, 0.717) is 29.9 Å². The van der Waals surface area contributed by atoms with Gasteiger partial charge in [0.05, 0.1) is 20.6 Å². The maximum absolute atomic E-state index is 12.3. The van der Waals surface area contributed by atoms with Gasteiger partial charge in [-0.1, -0.05) is 13.0 Å². The highest BCUT2D eigenvalue weighted by molar-refractivity contribution is 5.85. The molecule has 130 valence electrons. The van der Waals surface area contributed by atoms with Crippen LogP contribution in [-0.2, 0) is 11.2 Å². The third kappa shape index (κ3) is 5.01. The van der Waals surface area contributed by atoms with Gasteiger partial charge in [-0.25, -0.2) is 0 Å². The number of carbonyl (C=O) groups excluding carboxylic acids is 1. The number of hydrogen-bond acceptors (Lipinski definition) is 4. The Balaban J connectivity index is 0.00000264. The van der Waals surface area contributed by atoms with E-state index in [4.69, 9.17) is 9.47 Å². The Labute approximate surface area is 144 Å². The van der Waals surface area contributed by atoms with Crippen LogP contribution in [0, 0.1) is 5.92 Å². The molecule has 3 unspecified atom stereocenters. The molecule has 1 aromatic carbocycles. The number of methoxy groups -OCH3 is 2. The number of benzene rings is 1. The van der Waals surface area contributed by atoms with Crippen LogP contribution < -0.4 is 20.1 Å². The Morgan fingerprint density at radius 1 is 1.26 bits per heavy atom. The van der Waals surface area contributed by atoms with Crippen LogP contribution in [0.5, 0.6) is 11.5 Å². The zero-order valence-electron chi connectivity index (χ0n) is 14.2. The van der Waals surface area contributed by atoms with E-state index in [-0.39, 0.29) is 24.4 Å². The number of piperidine rings is 1. The van der Waals surface area contributed by atoms with Crippen LogP contribution >= 0.6 is 12.4 Å². The van der Waals surface area contributed by atoms with Crippen molar-refractivity contribution >= 4 is 18.3 Å². The molecule has 0 aromatic heterocycles. The first-order valence-electron chi connectivity index (χ1n) is 7.78. The van der Waals surface area contributed by atoms with Gasteiger partial charge in [-0.2, -0.15) is 0 Å². The molecule has 5 nitrogen and oxygen atoms in total. The SMILES string of the molecule is COc1ccc(CC(=O)NC2C(C)CCNC2C)cc1OC.Cl. The van der Waals surface area contributed by atoms with Crippen molar-refractivity contribution in [3.8, 4) is 11.5 Å². The van der Waals surface area contributed by atoms with Gasteiger partial charge in [-0.3, -0.25) is 4.79 Å². The van der Waals surface area contributed by atoms with Crippen LogP contribution in [0.25, 0.3) is 0 Å². The molecule has 1 aromatic rings. The molecule has 0 bridgehead atoms. The predicted molar refractivity (Wildman–Crippen MR) is 93.7 cm³/mol. The minimum absolute atomic E-state index is 0. The summed E-state index contributed by atoms with van der Waals surface area (Å²) in [5, 5.41) is 6.57. The molecule has 0 spiro atoms. The summed E-state index contributed by atoms with van der Waals surface area (Å²) in [6.45, 7) is 5.33. The quantitative estimate of drug-likeness (QED) is 0.861. The minimum atomic E-state index is 0. The molecule has 2 rings (SSSR count). The van der Waals surface area contributed by atoms with Crippen molar-refractivity contribution in [3.63, 3.8) is 0 Å². The second-order valence-corrected chi connectivity index (χ2v) is 5.97. The number of rotatable bonds is 5. The molecule has 1 saturated heterocycles. The average Bonchev–Trinajstić information content (AvgIpc) is 2.51. The van der Waals surface area contributed by atoms with Gasteiger partial charge >= 0.3 is 0 Å². The average molecular weight is 343 g/mol. The zero-order chi connectivity index (χ0) is 16.1. The lowest BCUT2D eigenvalue weighted by molar-refractivity contribution is -0.121. The van der Waals surface area contributed by atoms with Gasteiger partial charge in [0.25, 0.3) is 0 Å². The van der Waals surface area contributed by atoms with Crippen molar-refractivity contribution in [2.75, 3.05) is 20.8 Å². The van der Waals surface area contributed by atoms with E-state index in [0.717, 1.165) is 18.5 Å². The first kappa shape index (κ1) is 19.6. The molecule has 1 aliphatic rings. The zero-order valence-corrected chi connectivity index (χ0v) is 15.0. The standard InChI is InChI=1S/C17H26N2O3.ClH/c1-11-7-8-18-12(2)17(11)19-16(20)10-13-5-6-14(21-3)15(9-13)22-4;/h5-6,9,11-12,17-18H,7-8,10H2,1-4H3,(H,19,20);1H. The largest absolute Gasteiger partial charge is 0.493 e. The Hall–Kier alpha value is -1.46. The van der Waals surface area contributed by atoms with Crippen molar-refractivity contribution in [1.29, 1.82) is 0 Å². The third-order valence-electron chi connectivity index (χ3n) is 4.36. The van der Waals surface area contributed by atoms with Crippen molar-refractivity contribution in [2.45, 2.75) is 38.8 Å². The molecule has 23 heavy (non-hydrogen) atoms. The Bertz CT molecular complexity index is 515. The van der Waals surface area contributed by atoms with Crippen LogP contribution in [0.4, 0.5) is 0 Å². The number of halogens is 1. The fourth-order valence-corrected chi connectivity index (χ4v) is 3.02. The Morgan fingerprint density at radius 3 is 2.57 bits per heavy atom. The maximum Gasteiger partial charge on any atom is 0.224 e. The lowest BCUT2D eigenvalue weighted by Gasteiger charge is -2.36. The normalized spacial score (nSPS) is 23.6. The molecular weight excluding hydrogens is 316 g/mol. The number of nitrogens with one attached hydrogen (secondary N) is 2. The molecule has 0 radical (unpaired) electrons. The predicted octanol–water partition coefficient (Wildman–Crippen LogP) is 2.17. The van der Waals surface area contributed by atoms with Gasteiger partial charge in [-0.15, -0.1) is 12.4 Å². The lowest BCUT2D eigenvalue weighted by atomic mass is 9.89. The van der Waals surface area contributed by atoms with Gasteiger partial charge in [0, 0.05) is 12.1 Å². The molecule has 1 fully saturated rings. The van der Waals surface area contributed by atoms with E-state index in [9.17, 15) is 4.79 Å². The third-order valence-corrected chi connectivity index (χ3v) is 4.36. The van der Waals surface area contributed by atoms with E-state index < -0.39 is 0 Å². The fourth-order valence-electron chi connectivity index (χ4n) is 3.02. The highest BCUT2D eigenvalue weighted by Crippen LogP contribution is 2.27. The summed E-state index contributed by atoms with van der Waals surface area (Å²) in [4.78, 5) is 12.3. The van der Waals surface area contributed by atoms with Gasteiger partial charge in [0.2, 0.25) is 5.91 Å². The van der Waals surface area contributed by atoms with Crippen molar-refractivity contribution in [1.82, 2.24) is 10.6 Å². The fraction of sp³-hybridized carbons (Fsp3) is 0.588. The smallest absolute Gasteiger partial charge is 0.224 e. The van der Waals surface area contributed by atoms with Gasteiger partial charge < -0.3 is 20.1 Å². The molecule has 6 heteroatoms. The Kier molecular flexibility index (Phi) is 7.65. The summed E-state index contributed by atoms with van der Waals surface area (Å²) in [5.41, 5.74) is 0.916. The molecule has 0 aliphatic carbocycles. The molecule has 3 atom stereocenters. The van der Waals surface area contributed by atoms with Crippen LogP contribution in [-0.4, -0.2) is 38.8 Å². The number of ether oxygens (including phenoxy) is 2. The van der Waals surface area contributed by atoms with Crippen LogP contribution in [0.2, 0.25) is 0 Å². The summed E-state index contributed by atoms with van der Waals surface area (Å²) in [6, 6.07) is 6.06. The minimum Gasteiger partial charge on any atom is -0.493 e. The molecular formula is C17H27ClN2O3. The van der Waals surface area contributed by atoms with Crippen LogP contribution in [0.1, 0.15) is 25.8 Å². The second kappa shape index (κ2) is 8.99. The summed E-state index contributed by atoms with van der Waals surface area (Å²) in [5.74, 6) is 1.85.